The Kier molecular flexibility index (Phi) is 5.91. The normalized spacial score (nSPS) is 12.1. The van der Waals surface area contributed by atoms with E-state index in [1.807, 2.05) is 56.3 Å². The summed E-state index contributed by atoms with van der Waals surface area (Å²) >= 11 is 0. The number of hydrogen-bond acceptors (Lipinski definition) is 3. The predicted octanol–water partition coefficient (Wildman–Crippen LogP) is 3.43. The van der Waals surface area contributed by atoms with Crippen LogP contribution >= 0.6 is 0 Å². The molecule has 3 aromatic rings. The van der Waals surface area contributed by atoms with E-state index >= 15 is 0 Å². The molecule has 0 radical (unpaired) electrons. The number of furan rings is 1. The van der Waals surface area contributed by atoms with Gasteiger partial charge in [-0.1, -0.05) is 56.3 Å². The van der Waals surface area contributed by atoms with Gasteiger partial charge < -0.3 is 15.1 Å². The average molecular weight is 364 g/mol. The fourth-order valence-electron chi connectivity index (χ4n) is 3.08. The molecule has 0 spiro atoms. The zero-order valence-electron chi connectivity index (χ0n) is 15.6. The van der Waals surface area contributed by atoms with Gasteiger partial charge in [0.2, 0.25) is 11.8 Å². The Morgan fingerprint density at radius 2 is 1.78 bits per heavy atom. The quantitative estimate of drug-likeness (QED) is 0.675. The second kappa shape index (κ2) is 8.54. The molecule has 0 fully saturated rings. The maximum Gasteiger partial charge on any atom is 0.243 e. The average Bonchev–Trinajstić information content (AvgIpc) is 3.18. The SMILES string of the molecule is CC(C)[C@@H](NC(=O)Cc1cccc2ccccc12)C(=O)NCc1ccco1. The smallest absolute Gasteiger partial charge is 0.243 e. The summed E-state index contributed by atoms with van der Waals surface area (Å²) in [6.07, 6.45) is 1.80. The zero-order valence-corrected chi connectivity index (χ0v) is 15.6. The summed E-state index contributed by atoms with van der Waals surface area (Å²) in [7, 11) is 0. The zero-order chi connectivity index (χ0) is 19.2. The number of amides is 2. The summed E-state index contributed by atoms with van der Waals surface area (Å²) in [5.74, 6) is 0.261. The van der Waals surface area contributed by atoms with Crippen LogP contribution in [0.2, 0.25) is 0 Å². The maximum atomic E-state index is 12.6. The van der Waals surface area contributed by atoms with E-state index in [9.17, 15) is 9.59 Å². The van der Waals surface area contributed by atoms with Crippen molar-refractivity contribution in [1.29, 1.82) is 0 Å². The molecule has 1 heterocycles. The van der Waals surface area contributed by atoms with Gasteiger partial charge in [0.15, 0.2) is 0 Å². The minimum absolute atomic E-state index is 0.0296. The topological polar surface area (TPSA) is 71.3 Å². The molecule has 0 aliphatic rings. The minimum atomic E-state index is -0.595. The highest BCUT2D eigenvalue weighted by Crippen LogP contribution is 2.19. The number of carbonyl (C=O) groups is 2. The van der Waals surface area contributed by atoms with Gasteiger partial charge in [-0.3, -0.25) is 9.59 Å². The number of carbonyl (C=O) groups excluding carboxylic acids is 2. The Labute approximate surface area is 158 Å². The van der Waals surface area contributed by atoms with Crippen molar-refractivity contribution in [3.8, 4) is 0 Å². The van der Waals surface area contributed by atoms with Gasteiger partial charge in [-0.15, -0.1) is 0 Å². The molecule has 140 valence electrons. The molecule has 0 saturated carbocycles. The highest BCUT2D eigenvalue weighted by molar-refractivity contribution is 5.92. The van der Waals surface area contributed by atoms with Crippen LogP contribution in [0.3, 0.4) is 0 Å². The van der Waals surface area contributed by atoms with Crippen molar-refractivity contribution in [3.63, 3.8) is 0 Å². The molecule has 5 nitrogen and oxygen atoms in total. The fraction of sp³-hybridized carbons (Fsp3) is 0.273. The van der Waals surface area contributed by atoms with Gasteiger partial charge in [0.05, 0.1) is 19.2 Å². The molecular weight excluding hydrogens is 340 g/mol. The molecule has 5 heteroatoms. The number of rotatable bonds is 7. The van der Waals surface area contributed by atoms with E-state index in [0.717, 1.165) is 16.3 Å². The monoisotopic (exact) mass is 364 g/mol. The summed E-state index contributed by atoms with van der Waals surface area (Å²) < 4.78 is 5.22. The van der Waals surface area contributed by atoms with E-state index in [2.05, 4.69) is 10.6 Å². The highest BCUT2D eigenvalue weighted by Gasteiger charge is 2.24. The van der Waals surface area contributed by atoms with Crippen LogP contribution in [0.15, 0.2) is 65.3 Å². The molecule has 1 aromatic heterocycles. The van der Waals surface area contributed by atoms with Crippen LogP contribution in [0, 0.1) is 5.92 Å². The van der Waals surface area contributed by atoms with Crippen molar-refractivity contribution in [1.82, 2.24) is 10.6 Å². The van der Waals surface area contributed by atoms with E-state index in [1.54, 1.807) is 18.4 Å². The van der Waals surface area contributed by atoms with E-state index in [-0.39, 0.29) is 24.2 Å². The predicted molar refractivity (Wildman–Crippen MR) is 105 cm³/mol. The molecule has 2 aromatic carbocycles. The molecule has 3 rings (SSSR count). The lowest BCUT2D eigenvalue weighted by atomic mass is 10.0. The second-order valence-electron chi connectivity index (χ2n) is 6.90. The number of benzene rings is 2. The highest BCUT2D eigenvalue weighted by atomic mass is 16.3. The molecule has 1 atom stereocenters. The fourth-order valence-corrected chi connectivity index (χ4v) is 3.08. The van der Waals surface area contributed by atoms with Gasteiger partial charge >= 0.3 is 0 Å². The Morgan fingerprint density at radius 3 is 2.52 bits per heavy atom. The summed E-state index contributed by atoms with van der Waals surface area (Å²) in [6.45, 7) is 4.12. The van der Waals surface area contributed by atoms with E-state index in [1.165, 1.54) is 0 Å². The van der Waals surface area contributed by atoms with E-state index < -0.39 is 6.04 Å². The summed E-state index contributed by atoms with van der Waals surface area (Å²) in [6, 6.07) is 16.9. The van der Waals surface area contributed by atoms with Crippen LogP contribution < -0.4 is 10.6 Å². The van der Waals surface area contributed by atoms with Crippen LogP contribution in [0.4, 0.5) is 0 Å². The Bertz CT molecular complexity index is 911. The number of hydrogen-bond donors (Lipinski definition) is 2. The van der Waals surface area contributed by atoms with Gasteiger partial charge in [0.1, 0.15) is 11.8 Å². The van der Waals surface area contributed by atoms with E-state index in [4.69, 9.17) is 4.42 Å². The first-order valence-corrected chi connectivity index (χ1v) is 9.10. The van der Waals surface area contributed by atoms with Crippen molar-refractivity contribution < 1.29 is 14.0 Å². The summed E-state index contributed by atoms with van der Waals surface area (Å²) in [5.41, 5.74) is 0.948. The molecular formula is C22H24N2O3. The van der Waals surface area contributed by atoms with Crippen LogP contribution in [0.25, 0.3) is 10.8 Å². The van der Waals surface area contributed by atoms with Crippen LogP contribution in [-0.4, -0.2) is 17.9 Å². The lowest BCUT2D eigenvalue weighted by Gasteiger charge is -2.21. The van der Waals surface area contributed by atoms with Crippen molar-refractivity contribution in [2.45, 2.75) is 32.9 Å². The molecule has 0 bridgehead atoms. The Balaban J connectivity index is 1.65. The van der Waals surface area contributed by atoms with Crippen LogP contribution in [0.1, 0.15) is 25.2 Å². The lowest BCUT2D eigenvalue weighted by molar-refractivity contribution is -0.129. The first-order valence-electron chi connectivity index (χ1n) is 9.10. The Hall–Kier alpha value is -3.08. The van der Waals surface area contributed by atoms with Crippen molar-refractivity contribution in [2.24, 2.45) is 5.92 Å². The minimum Gasteiger partial charge on any atom is -0.467 e. The van der Waals surface area contributed by atoms with Gasteiger partial charge in [0, 0.05) is 0 Å². The van der Waals surface area contributed by atoms with Gasteiger partial charge in [-0.05, 0) is 34.4 Å². The van der Waals surface area contributed by atoms with Crippen LogP contribution in [0.5, 0.6) is 0 Å². The third kappa shape index (κ3) is 4.76. The van der Waals surface area contributed by atoms with Crippen LogP contribution in [-0.2, 0) is 22.6 Å². The standard InChI is InChI=1S/C22H24N2O3/c1-15(2)21(22(26)23-14-18-10-6-12-27-18)24-20(25)13-17-9-5-8-16-7-3-4-11-19(16)17/h3-12,15,21H,13-14H2,1-2H3,(H,23,26)(H,24,25)/t21-/m1/s1. The van der Waals surface area contributed by atoms with Gasteiger partial charge in [0.25, 0.3) is 0 Å². The molecule has 0 unspecified atom stereocenters. The van der Waals surface area contributed by atoms with E-state index in [0.29, 0.717) is 12.3 Å². The van der Waals surface area contributed by atoms with Gasteiger partial charge in [-0.2, -0.15) is 0 Å². The first-order chi connectivity index (χ1) is 13.0. The number of fused-ring (bicyclic) bond motifs is 1. The summed E-state index contributed by atoms with van der Waals surface area (Å²) in [5, 5.41) is 7.85. The largest absolute Gasteiger partial charge is 0.467 e. The number of nitrogens with one attached hydrogen (secondary N) is 2. The molecule has 0 saturated heterocycles. The second-order valence-corrected chi connectivity index (χ2v) is 6.90. The molecule has 0 aliphatic carbocycles. The molecule has 0 aliphatic heterocycles. The van der Waals surface area contributed by atoms with Crippen molar-refractivity contribution in [3.05, 3.63) is 72.2 Å². The third-order valence-electron chi connectivity index (χ3n) is 4.51. The Morgan fingerprint density at radius 1 is 1.00 bits per heavy atom. The summed E-state index contributed by atoms with van der Waals surface area (Å²) in [4.78, 5) is 25.1. The lowest BCUT2D eigenvalue weighted by Crippen LogP contribution is -2.49. The third-order valence-corrected chi connectivity index (χ3v) is 4.51. The molecule has 27 heavy (non-hydrogen) atoms. The molecule has 2 N–H and O–H groups in total. The molecule has 2 amide bonds. The van der Waals surface area contributed by atoms with Gasteiger partial charge in [-0.25, -0.2) is 0 Å². The van der Waals surface area contributed by atoms with Crippen molar-refractivity contribution >= 4 is 22.6 Å². The maximum absolute atomic E-state index is 12.6. The van der Waals surface area contributed by atoms with Crippen molar-refractivity contribution in [2.75, 3.05) is 0 Å². The first kappa shape index (κ1) is 18.7.